The molecule has 30 heavy (non-hydrogen) atoms. The molecule has 2 aliphatic rings. The van der Waals surface area contributed by atoms with E-state index in [1.54, 1.807) is 14.2 Å². The standard InChI is InChI=1S/C22H23N3O5/c1-26-18-9-15-16(10-19(18)27-2)23-12-24-22(15)25-13-3-5-14(6-4-13)30-20-11-29-17-7-8-28-21(17)20/h3-6,9-10,12,17,20-21H,7-8,11H2,1-2H3,(H,23,24,25)/t17-,20+,21+/m1/s1. The molecule has 156 valence electrons. The van der Waals surface area contributed by atoms with Gasteiger partial charge in [-0.05, 0) is 36.8 Å². The van der Waals surface area contributed by atoms with E-state index in [0.717, 1.165) is 35.4 Å². The van der Waals surface area contributed by atoms with E-state index in [2.05, 4.69) is 15.3 Å². The highest BCUT2D eigenvalue weighted by atomic mass is 16.6. The molecule has 5 rings (SSSR count). The molecule has 8 nitrogen and oxygen atoms in total. The van der Waals surface area contributed by atoms with Gasteiger partial charge in [0, 0.05) is 23.7 Å². The zero-order valence-corrected chi connectivity index (χ0v) is 16.8. The fraction of sp³-hybridized carbons (Fsp3) is 0.364. The average molecular weight is 409 g/mol. The molecule has 2 saturated heterocycles. The second-order valence-corrected chi connectivity index (χ2v) is 7.25. The Balaban J connectivity index is 1.34. The van der Waals surface area contributed by atoms with Gasteiger partial charge in [-0.3, -0.25) is 0 Å². The highest BCUT2D eigenvalue weighted by Gasteiger charge is 2.43. The summed E-state index contributed by atoms with van der Waals surface area (Å²) in [5.74, 6) is 2.71. The number of rotatable bonds is 6. The summed E-state index contributed by atoms with van der Waals surface area (Å²) in [5, 5.41) is 4.18. The number of nitrogens with one attached hydrogen (secondary N) is 1. The third-order valence-electron chi connectivity index (χ3n) is 5.47. The molecular formula is C22H23N3O5. The molecule has 1 aromatic heterocycles. The molecule has 1 N–H and O–H groups in total. The van der Waals surface area contributed by atoms with Gasteiger partial charge in [-0.1, -0.05) is 0 Å². The van der Waals surface area contributed by atoms with Gasteiger partial charge in [0.05, 0.1) is 32.4 Å². The summed E-state index contributed by atoms with van der Waals surface area (Å²) in [6.07, 6.45) is 2.59. The van der Waals surface area contributed by atoms with Crippen LogP contribution in [0.15, 0.2) is 42.7 Å². The Kier molecular flexibility index (Phi) is 5.02. The van der Waals surface area contributed by atoms with E-state index in [1.807, 2.05) is 36.4 Å². The van der Waals surface area contributed by atoms with Crippen molar-refractivity contribution < 1.29 is 23.7 Å². The normalized spacial score (nSPS) is 22.7. The Labute approximate surface area is 174 Å². The topological polar surface area (TPSA) is 84.0 Å². The van der Waals surface area contributed by atoms with Crippen molar-refractivity contribution in [3.63, 3.8) is 0 Å². The van der Waals surface area contributed by atoms with E-state index in [4.69, 9.17) is 23.7 Å². The monoisotopic (exact) mass is 409 g/mol. The van der Waals surface area contributed by atoms with Crippen molar-refractivity contribution in [2.24, 2.45) is 0 Å². The number of ether oxygens (including phenoxy) is 5. The molecule has 0 unspecified atom stereocenters. The van der Waals surface area contributed by atoms with Crippen LogP contribution in [-0.2, 0) is 9.47 Å². The van der Waals surface area contributed by atoms with Crippen molar-refractivity contribution in [3.05, 3.63) is 42.7 Å². The largest absolute Gasteiger partial charge is 0.493 e. The summed E-state index contributed by atoms with van der Waals surface area (Å²) in [6.45, 7) is 1.30. The Morgan fingerprint density at radius 2 is 1.80 bits per heavy atom. The van der Waals surface area contributed by atoms with E-state index in [0.29, 0.717) is 23.9 Å². The molecule has 3 atom stereocenters. The smallest absolute Gasteiger partial charge is 0.162 e. The van der Waals surface area contributed by atoms with E-state index < -0.39 is 0 Å². The van der Waals surface area contributed by atoms with E-state index in [1.165, 1.54) is 6.33 Å². The van der Waals surface area contributed by atoms with Crippen LogP contribution in [-0.4, -0.2) is 55.7 Å². The Hall–Kier alpha value is -3.10. The summed E-state index contributed by atoms with van der Waals surface area (Å²) < 4.78 is 28.3. The van der Waals surface area contributed by atoms with E-state index in [9.17, 15) is 0 Å². The van der Waals surface area contributed by atoms with Gasteiger partial charge in [0.15, 0.2) is 17.6 Å². The van der Waals surface area contributed by atoms with Crippen LogP contribution in [0.2, 0.25) is 0 Å². The minimum Gasteiger partial charge on any atom is -0.493 e. The molecule has 0 bridgehead atoms. The van der Waals surface area contributed by atoms with Crippen molar-refractivity contribution in [1.29, 1.82) is 0 Å². The van der Waals surface area contributed by atoms with E-state index >= 15 is 0 Å². The fourth-order valence-electron chi connectivity index (χ4n) is 3.94. The van der Waals surface area contributed by atoms with Crippen molar-refractivity contribution >= 4 is 22.4 Å². The molecule has 3 heterocycles. The van der Waals surface area contributed by atoms with Crippen LogP contribution in [0.1, 0.15) is 6.42 Å². The number of hydrogen-bond acceptors (Lipinski definition) is 8. The molecule has 8 heteroatoms. The summed E-state index contributed by atoms with van der Waals surface area (Å²) in [7, 11) is 3.21. The van der Waals surface area contributed by atoms with Crippen LogP contribution in [0, 0.1) is 0 Å². The van der Waals surface area contributed by atoms with Crippen molar-refractivity contribution in [2.75, 3.05) is 32.8 Å². The number of anilines is 2. The van der Waals surface area contributed by atoms with Gasteiger partial charge in [0.2, 0.25) is 0 Å². The summed E-state index contributed by atoms with van der Waals surface area (Å²) in [5.41, 5.74) is 1.65. The number of nitrogens with zero attached hydrogens (tertiary/aromatic N) is 2. The van der Waals surface area contributed by atoms with Gasteiger partial charge in [0.25, 0.3) is 0 Å². The lowest BCUT2D eigenvalue weighted by atomic mass is 10.1. The van der Waals surface area contributed by atoms with Gasteiger partial charge in [-0.15, -0.1) is 0 Å². The third kappa shape index (κ3) is 3.48. The number of methoxy groups -OCH3 is 2. The Morgan fingerprint density at radius 3 is 2.60 bits per heavy atom. The fourth-order valence-corrected chi connectivity index (χ4v) is 3.94. The first kappa shape index (κ1) is 18.9. The maximum absolute atomic E-state index is 6.09. The minimum absolute atomic E-state index is 0.0298. The maximum Gasteiger partial charge on any atom is 0.162 e. The molecule has 2 aromatic carbocycles. The number of fused-ring (bicyclic) bond motifs is 2. The lowest BCUT2D eigenvalue weighted by Crippen LogP contribution is -2.32. The highest BCUT2D eigenvalue weighted by Crippen LogP contribution is 2.35. The Bertz CT molecular complexity index is 1040. The van der Waals surface area contributed by atoms with Gasteiger partial charge in [0.1, 0.15) is 24.0 Å². The van der Waals surface area contributed by atoms with Gasteiger partial charge in [-0.2, -0.15) is 0 Å². The minimum atomic E-state index is -0.0652. The molecule has 0 aliphatic carbocycles. The van der Waals surface area contributed by atoms with Gasteiger partial charge >= 0.3 is 0 Å². The average Bonchev–Trinajstić information content (AvgIpc) is 3.39. The molecule has 3 aromatic rings. The first-order valence-corrected chi connectivity index (χ1v) is 9.89. The lowest BCUT2D eigenvalue weighted by molar-refractivity contribution is 0.0308. The third-order valence-corrected chi connectivity index (χ3v) is 5.47. The predicted molar refractivity (Wildman–Crippen MR) is 111 cm³/mol. The zero-order valence-electron chi connectivity index (χ0n) is 16.8. The van der Waals surface area contributed by atoms with E-state index in [-0.39, 0.29) is 18.3 Å². The van der Waals surface area contributed by atoms with Crippen LogP contribution in [0.3, 0.4) is 0 Å². The van der Waals surface area contributed by atoms with Gasteiger partial charge in [-0.25, -0.2) is 9.97 Å². The number of hydrogen-bond donors (Lipinski definition) is 1. The molecule has 2 fully saturated rings. The molecule has 2 aliphatic heterocycles. The molecule has 0 saturated carbocycles. The lowest BCUT2D eigenvalue weighted by Gasteiger charge is -2.18. The number of benzene rings is 2. The zero-order chi connectivity index (χ0) is 20.5. The predicted octanol–water partition coefficient (Wildman–Crippen LogP) is 3.33. The first-order valence-electron chi connectivity index (χ1n) is 9.89. The van der Waals surface area contributed by atoms with Crippen LogP contribution in [0.25, 0.3) is 10.9 Å². The van der Waals surface area contributed by atoms with Crippen molar-refractivity contribution in [3.8, 4) is 17.2 Å². The summed E-state index contributed by atoms with van der Waals surface area (Å²) in [6, 6.07) is 11.5. The molecule has 0 radical (unpaired) electrons. The summed E-state index contributed by atoms with van der Waals surface area (Å²) >= 11 is 0. The molecular weight excluding hydrogens is 386 g/mol. The highest BCUT2D eigenvalue weighted by molar-refractivity contribution is 5.93. The van der Waals surface area contributed by atoms with Crippen LogP contribution in [0.4, 0.5) is 11.5 Å². The van der Waals surface area contributed by atoms with Crippen LogP contribution in [0.5, 0.6) is 17.2 Å². The van der Waals surface area contributed by atoms with Gasteiger partial charge < -0.3 is 29.0 Å². The maximum atomic E-state index is 6.09. The SMILES string of the molecule is COc1cc2ncnc(Nc3ccc(O[C@H]4CO[C@@H]5CCO[C@H]45)cc3)c2cc1OC. The van der Waals surface area contributed by atoms with Crippen LogP contribution < -0.4 is 19.5 Å². The first-order chi connectivity index (χ1) is 14.7. The molecule has 0 spiro atoms. The Morgan fingerprint density at radius 1 is 1.00 bits per heavy atom. The second kappa shape index (κ2) is 7.97. The summed E-state index contributed by atoms with van der Waals surface area (Å²) in [4.78, 5) is 8.73. The van der Waals surface area contributed by atoms with Crippen molar-refractivity contribution in [1.82, 2.24) is 9.97 Å². The molecule has 0 amide bonds. The van der Waals surface area contributed by atoms with Crippen molar-refractivity contribution in [2.45, 2.75) is 24.7 Å². The van der Waals surface area contributed by atoms with Crippen LogP contribution >= 0.6 is 0 Å². The quantitative estimate of drug-likeness (QED) is 0.664. The second-order valence-electron chi connectivity index (χ2n) is 7.25. The number of aromatic nitrogens is 2.